The Hall–Kier alpha value is -5.42. The number of carbonyl (C=O) groups excluding carboxylic acids is 10. The number of thiol groups is 1. The van der Waals surface area contributed by atoms with E-state index in [1.807, 2.05) is 40.9 Å². The number of guanidine groups is 1. The highest BCUT2D eigenvalue weighted by molar-refractivity contribution is 7.99. The molecule has 0 bridgehead atoms. The quantitative estimate of drug-likeness (QED) is 0.0261. The van der Waals surface area contributed by atoms with E-state index in [-0.39, 0.29) is 85.8 Å². The average Bonchev–Trinajstić information content (AvgIpc) is 3.88. The van der Waals surface area contributed by atoms with Crippen LogP contribution < -0.4 is 64.6 Å². The third-order valence-corrected chi connectivity index (χ3v) is 17.7. The van der Waals surface area contributed by atoms with Gasteiger partial charge in [-0.05, 0) is 85.2 Å². The summed E-state index contributed by atoms with van der Waals surface area (Å²) in [6.07, 6.45) is 4.74. The van der Waals surface area contributed by atoms with Crippen LogP contribution in [0.4, 0.5) is 0 Å². The Morgan fingerprint density at radius 1 is 0.765 bits per heavy atom. The van der Waals surface area contributed by atoms with Crippen LogP contribution in [-0.4, -0.2) is 177 Å². The van der Waals surface area contributed by atoms with Gasteiger partial charge in [0.2, 0.25) is 59.1 Å². The maximum absolute atomic E-state index is 14.7. The molecule has 29 heteroatoms. The van der Waals surface area contributed by atoms with Crippen LogP contribution in [0.15, 0.2) is 12.5 Å². The molecule has 0 saturated carbocycles. The standard InChI is InChI=1S/C52H91N15O10S4/c1-28(2)17-35(60-31(6)68)45(73)66-39(22-78)48(76)61-33(13-12-15-57-50(54)55)42(70)65-38(20-41(53)69)47(75)67-40-24-81-26-52(9,10)51(7,8)25-80-23-30(5)59-44(72)37(19-32-21-56-27-58-32)64-46(74)36(18-29(3)4)63-43(71)34(14-16-79-11)62-49(40)77/h21,27-30,33-40,78H,12-20,22-26H2,1-11H3,(H2,53,69)(H,56,58)(H,59,72)(H,60,68)(H,61,76)(H,62,77)(H,63,71)(H,64,74)(H,65,70)(H,66,73)(H,67,75)(H4,54,55,57)/t30-,33+,34?,35+,36?,37-,38+,39+,40?/m1/s1. The van der Waals surface area contributed by atoms with E-state index in [0.29, 0.717) is 28.7 Å². The topological polar surface area (TPSA) is 396 Å². The molecule has 2 heterocycles. The summed E-state index contributed by atoms with van der Waals surface area (Å²) in [7, 11) is 0. The predicted molar refractivity (Wildman–Crippen MR) is 322 cm³/mol. The molecule has 1 fully saturated rings. The van der Waals surface area contributed by atoms with Gasteiger partial charge in [0.1, 0.15) is 48.3 Å². The summed E-state index contributed by atoms with van der Waals surface area (Å²) >= 11 is 8.68. The number of aromatic amines is 1. The molecule has 1 aliphatic heterocycles. The van der Waals surface area contributed by atoms with Crippen LogP contribution in [0.1, 0.15) is 113 Å². The van der Waals surface area contributed by atoms with Crippen molar-refractivity contribution in [1.82, 2.24) is 63.1 Å². The van der Waals surface area contributed by atoms with E-state index in [2.05, 4.69) is 103 Å². The van der Waals surface area contributed by atoms with Gasteiger partial charge < -0.3 is 69.6 Å². The molecule has 0 spiro atoms. The Morgan fingerprint density at radius 2 is 1.32 bits per heavy atom. The lowest BCUT2D eigenvalue weighted by Crippen LogP contribution is -2.61. The number of hydrogen-bond donors (Lipinski definition) is 15. The van der Waals surface area contributed by atoms with Crippen LogP contribution in [0.25, 0.3) is 0 Å². The molecule has 81 heavy (non-hydrogen) atoms. The summed E-state index contributed by atoms with van der Waals surface area (Å²) < 4.78 is 0. The highest BCUT2D eigenvalue weighted by Crippen LogP contribution is 2.43. The molecule has 10 amide bonds. The second kappa shape index (κ2) is 35.5. The van der Waals surface area contributed by atoms with Crippen molar-refractivity contribution in [1.29, 1.82) is 5.41 Å². The molecule has 1 aromatic heterocycles. The minimum absolute atomic E-state index is 0.0131. The molecule has 1 saturated heterocycles. The van der Waals surface area contributed by atoms with Gasteiger partial charge in [0.15, 0.2) is 5.96 Å². The first kappa shape index (κ1) is 71.7. The van der Waals surface area contributed by atoms with Crippen molar-refractivity contribution in [3.8, 4) is 0 Å². The number of aromatic nitrogens is 2. The number of carbonyl (C=O) groups is 10. The van der Waals surface area contributed by atoms with Crippen LogP contribution in [-0.2, 0) is 54.4 Å². The lowest BCUT2D eigenvalue weighted by Gasteiger charge is -2.42. The zero-order valence-corrected chi connectivity index (χ0v) is 52.1. The van der Waals surface area contributed by atoms with E-state index in [4.69, 9.17) is 16.9 Å². The van der Waals surface area contributed by atoms with Crippen molar-refractivity contribution in [2.24, 2.45) is 34.1 Å². The fraction of sp³-hybridized carbons (Fsp3) is 0.731. The second-order valence-corrected chi connectivity index (χ2v) is 26.0. The zero-order valence-electron chi connectivity index (χ0n) is 48.8. The van der Waals surface area contributed by atoms with Crippen molar-refractivity contribution >= 4 is 113 Å². The van der Waals surface area contributed by atoms with Crippen LogP contribution in [0.2, 0.25) is 0 Å². The summed E-state index contributed by atoms with van der Waals surface area (Å²) in [5.41, 5.74) is 11.0. The minimum atomic E-state index is -1.71. The third-order valence-electron chi connectivity index (χ3n) is 13.5. The highest BCUT2D eigenvalue weighted by atomic mass is 32.2. The number of hydrogen-bond acceptors (Lipinski definition) is 16. The number of imidazole rings is 1. The Kier molecular flexibility index (Phi) is 31.5. The van der Waals surface area contributed by atoms with Gasteiger partial charge in [0.05, 0.1) is 12.7 Å². The highest BCUT2D eigenvalue weighted by Gasteiger charge is 2.39. The number of rotatable bonds is 25. The van der Waals surface area contributed by atoms with E-state index in [1.165, 1.54) is 36.8 Å². The van der Waals surface area contributed by atoms with Crippen molar-refractivity contribution in [3.05, 3.63) is 18.2 Å². The first-order valence-corrected chi connectivity index (χ1v) is 31.5. The number of nitrogens with zero attached hydrogens (tertiary/aromatic N) is 1. The number of thioether (sulfide) groups is 3. The number of nitrogens with two attached hydrogens (primary N) is 2. The summed E-state index contributed by atoms with van der Waals surface area (Å²) in [6, 6.07) is -10.5. The summed E-state index contributed by atoms with van der Waals surface area (Å²) in [5.74, 6) is -6.10. The molecule has 9 atom stereocenters. The predicted octanol–water partition coefficient (Wildman–Crippen LogP) is -0.199. The monoisotopic (exact) mass is 1210 g/mol. The van der Waals surface area contributed by atoms with E-state index in [0.717, 1.165) is 0 Å². The number of nitrogens with one attached hydrogen (secondary N) is 12. The largest absolute Gasteiger partial charge is 0.370 e. The molecule has 3 unspecified atom stereocenters. The SMILES string of the molecule is CSCCC1NC(=O)C(NC(=O)[C@H](CC(N)=O)NC(=O)[C@H](CCCNC(=N)N)NC(=O)[C@H](CS)NC(=O)[C@H](CC(C)C)NC(C)=O)CSCC(C)(C)C(C)(C)CSC[C@@H](C)NC(=O)[C@@H](Cc2cnc[nH]2)NC(=O)C(CC(C)C)NC1=O. The molecule has 1 aliphatic rings. The van der Waals surface area contributed by atoms with Gasteiger partial charge in [0.25, 0.3) is 0 Å². The molecular weight excluding hydrogens is 1120 g/mol. The van der Waals surface area contributed by atoms with E-state index >= 15 is 0 Å². The van der Waals surface area contributed by atoms with Gasteiger partial charge >= 0.3 is 0 Å². The zero-order chi connectivity index (χ0) is 61.2. The number of primary amides is 1. The fourth-order valence-electron chi connectivity index (χ4n) is 8.17. The van der Waals surface area contributed by atoms with E-state index in [1.54, 1.807) is 18.0 Å². The molecule has 458 valence electrons. The van der Waals surface area contributed by atoms with E-state index in [9.17, 15) is 47.9 Å². The molecule has 0 aromatic carbocycles. The fourth-order valence-corrected chi connectivity index (χ4v) is 11.8. The Bertz CT molecular complexity index is 2280. The van der Waals surface area contributed by atoms with Crippen molar-refractivity contribution < 1.29 is 47.9 Å². The number of amides is 10. The molecular formula is C52H91N15O10S4. The van der Waals surface area contributed by atoms with Crippen LogP contribution >= 0.6 is 47.9 Å². The Balaban J connectivity index is 2.63. The maximum Gasteiger partial charge on any atom is 0.244 e. The lowest BCUT2D eigenvalue weighted by atomic mass is 9.70. The van der Waals surface area contributed by atoms with Gasteiger partial charge in [-0.3, -0.25) is 53.4 Å². The van der Waals surface area contributed by atoms with Gasteiger partial charge in [-0.15, -0.1) is 0 Å². The normalized spacial score (nSPS) is 21.9. The maximum atomic E-state index is 14.7. The van der Waals surface area contributed by atoms with Crippen LogP contribution in [0.3, 0.4) is 0 Å². The van der Waals surface area contributed by atoms with Gasteiger partial charge in [-0.2, -0.15) is 47.9 Å². The minimum Gasteiger partial charge on any atom is -0.370 e. The first-order chi connectivity index (χ1) is 37.9. The van der Waals surface area contributed by atoms with Gasteiger partial charge in [0, 0.05) is 55.1 Å². The summed E-state index contributed by atoms with van der Waals surface area (Å²) in [4.78, 5) is 145. The van der Waals surface area contributed by atoms with E-state index < -0.39 is 119 Å². The van der Waals surface area contributed by atoms with Crippen molar-refractivity contribution in [2.45, 2.75) is 169 Å². The Labute approximate surface area is 495 Å². The molecule has 0 aliphatic carbocycles. The average molecular weight is 1210 g/mol. The lowest BCUT2D eigenvalue weighted by molar-refractivity contribution is -0.136. The second-order valence-electron chi connectivity index (χ2n) is 22.5. The molecule has 1 aromatic rings. The van der Waals surface area contributed by atoms with Gasteiger partial charge in [-0.1, -0.05) is 55.4 Å². The van der Waals surface area contributed by atoms with Gasteiger partial charge in [-0.25, -0.2) is 4.98 Å². The summed E-state index contributed by atoms with van der Waals surface area (Å²) in [5, 5.41) is 34.7. The third kappa shape index (κ3) is 26.6. The molecule has 0 radical (unpaired) electrons. The smallest absolute Gasteiger partial charge is 0.244 e. The van der Waals surface area contributed by atoms with Crippen molar-refractivity contribution in [3.63, 3.8) is 0 Å². The number of H-pyrrole nitrogens is 1. The van der Waals surface area contributed by atoms with Crippen LogP contribution in [0.5, 0.6) is 0 Å². The first-order valence-electron chi connectivity index (χ1n) is 27.2. The van der Waals surface area contributed by atoms with Crippen LogP contribution in [0, 0.1) is 28.1 Å². The Morgan fingerprint density at radius 3 is 1.88 bits per heavy atom. The molecule has 2 rings (SSSR count). The molecule has 16 N–H and O–H groups in total. The summed E-state index contributed by atoms with van der Waals surface area (Å²) in [6.45, 7) is 19.1. The van der Waals surface area contributed by atoms with Crippen molar-refractivity contribution in [2.75, 3.05) is 47.3 Å². The molecule has 25 nitrogen and oxygen atoms in total.